The number of piperidine rings is 1. The summed E-state index contributed by atoms with van der Waals surface area (Å²) >= 11 is 0. The molecule has 7 heteroatoms. The molecule has 20 heavy (non-hydrogen) atoms. The van der Waals surface area contributed by atoms with Crippen LogP contribution in [0.4, 0.5) is 6.01 Å². The highest BCUT2D eigenvalue weighted by Gasteiger charge is 2.21. The van der Waals surface area contributed by atoms with Crippen molar-refractivity contribution in [3.05, 3.63) is 5.89 Å². The van der Waals surface area contributed by atoms with Crippen LogP contribution < -0.4 is 5.32 Å². The summed E-state index contributed by atoms with van der Waals surface area (Å²) in [5, 5.41) is 19.4. The molecule has 7 nitrogen and oxygen atoms in total. The fourth-order valence-electron chi connectivity index (χ4n) is 2.21. The van der Waals surface area contributed by atoms with Gasteiger partial charge < -0.3 is 9.52 Å². The fraction of sp³-hybridized carbons (Fsp3) is 0.769. The lowest BCUT2D eigenvalue weighted by molar-refractivity contribution is -0.117. The van der Waals surface area contributed by atoms with E-state index in [0.29, 0.717) is 18.4 Å². The highest BCUT2D eigenvalue weighted by atomic mass is 16.4. The van der Waals surface area contributed by atoms with E-state index in [2.05, 4.69) is 20.4 Å². The quantitative estimate of drug-likeness (QED) is 0.831. The molecule has 0 aliphatic carbocycles. The van der Waals surface area contributed by atoms with Crippen molar-refractivity contribution in [2.75, 3.05) is 31.6 Å². The number of carbonyl (C=O) groups is 1. The van der Waals surface area contributed by atoms with E-state index in [0.717, 1.165) is 25.9 Å². The molecule has 1 aliphatic rings. The second-order valence-corrected chi connectivity index (χ2v) is 5.55. The molecule has 1 fully saturated rings. The molecule has 1 saturated heterocycles. The lowest BCUT2D eigenvalue weighted by atomic mass is 9.98. The second-order valence-electron chi connectivity index (χ2n) is 5.55. The Bertz CT molecular complexity index is 439. The van der Waals surface area contributed by atoms with E-state index in [4.69, 9.17) is 9.52 Å². The highest BCUT2D eigenvalue weighted by molar-refractivity contribution is 5.90. The lowest BCUT2D eigenvalue weighted by Gasteiger charge is -2.30. The second kappa shape index (κ2) is 6.81. The van der Waals surface area contributed by atoms with Crippen molar-refractivity contribution >= 4 is 11.9 Å². The predicted octanol–water partition coefficient (Wildman–Crippen LogP) is 0.836. The van der Waals surface area contributed by atoms with Gasteiger partial charge >= 0.3 is 6.01 Å². The zero-order chi connectivity index (χ0) is 14.5. The smallest absolute Gasteiger partial charge is 0.322 e. The van der Waals surface area contributed by atoms with Gasteiger partial charge in [-0.15, -0.1) is 5.10 Å². The van der Waals surface area contributed by atoms with E-state index in [1.807, 2.05) is 13.8 Å². The van der Waals surface area contributed by atoms with E-state index in [-0.39, 0.29) is 24.4 Å². The van der Waals surface area contributed by atoms with Crippen LogP contribution in [0.15, 0.2) is 4.42 Å². The molecule has 1 aromatic heterocycles. The third-order valence-electron chi connectivity index (χ3n) is 3.51. The Hall–Kier alpha value is -1.47. The minimum absolute atomic E-state index is 0.144. The van der Waals surface area contributed by atoms with Gasteiger partial charge in [-0.25, -0.2) is 0 Å². The van der Waals surface area contributed by atoms with Gasteiger partial charge in [0.1, 0.15) is 0 Å². The van der Waals surface area contributed by atoms with Crippen LogP contribution >= 0.6 is 0 Å². The molecule has 2 rings (SSSR count). The van der Waals surface area contributed by atoms with Crippen molar-refractivity contribution < 1.29 is 14.3 Å². The summed E-state index contributed by atoms with van der Waals surface area (Å²) in [5.74, 6) is 0.889. The Kier molecular flexibility index (Phi) is 5.08. The monoisotopic (exact) mass is 282 g/mol. The third-order valence-corrected chi connectivity index (χ3v) is 3.51. The van der Waals surface area contributed by atoms with E-state index in [1.54, 1.807) is 0 Å². The minimum Gasteiger partial charge on any atom is -0.408 e. The Balaban J connectivity index is 1.77. The van der Waals surface area contributed by atoms with Gasteiger partial charge in [0, 0.05) is 12.5 Å². The van der Waals surface area contributed by atoms with Crippen LogP contribution in [0.2, 0.25) is 0 Å². The van der Waals surface area contributed by atoms with Crippen molar-refractivity contribution in [3.63, 3.8) is 0 Å². The number of amides is 1. The molecular formula is C13H22N4O3. The van der Waals surface area contributed by atoms with Crippen LogP contribution in [0.1, 0.15) is 38.5 Å². The van der Waals surface area contributed by atoms with Gasteiger partial charge in [-0.2, -0.15) is 0 Å². The van der Waals surface area contributed by atoms with Crippen LogP contribution in [-0.2, 0) is 4.79 Å². The highest BCUT2D eigenvalue weighted by Crippen LogP contribution is 2.17. The Morgan fingerprint density at radius 1 is 1.45 bits per heavy atom. The first-order valence-electron chi connectivity index (χ1n) is 7.05. The van der Waals surface area contributed by atoms with Gasteiger partial charge in [0.15, 0.2) is 0 Å². The minimum atomic E-state index is -0.147. The first-order valence-corrected chi connectivity index (χ1v) is 7.05. The summed E-state index contributed by atoms with van der Waals surface area (Å²) in [4.78, 5) is 14.0. The largest absolute Gasteiger partial charge is 0.408 e. The summed E-state index contributed by atoms with van der Waals surface area (Å²) in [5.41, 5.74) is 0. The van der Waals surface area contributed by atoms with E-state index in [1.165, 1.54) is 0 Å². The van der Waals surface area contributed by atoms with Gasteiger partial charge in [-0.05, 0) is 31.8 Å². The fourth-order valence-corrected chi connectivity index (χ4v) is 2.21. The number of hydrogen-bond donors (Lipinski definition) is 2. The van der Waals surface area contributed by atoms with Crippen LogP contribution in [0.5, 0.6) is 0 Å². The average Bonchev–Trinajstić information content (AvgIpc) is 2.88. The summed E-state index contributed by atoms with van der Waals surface area (Å²) in [6.07, 6.45) is 1.86. The molecule has 0 spiro atoms. The topological polar surface area (TPSA) is 91.5 Å². The number of aliphatic hydroxyl groups is 1. The van der Waals surface area contributed by atoms with Gasteiger partial charge in [-0.3, -0.25) is 15.0 Å². The number of aliphatic hydroxyl groups excluding tert-OH is 1. The number of carbonyl (C=O) groups excluding carboxylic acids is 1. The number of rotatable bonds is 5. The Morgan fingerprint density at radius 2 is 2.15 bits per heavy atom. The summed E-state index contributed by atoms with van der Waals surface area (Å²) in [6, 6.07) is 0.156. The van der Waals surface area contributed by atoms with Crippen molar-refractivity contribution in [2.24, 2.45) is 5.92 Å². The molecule has 0 bridgehead atoms. The first-order chi connectivity index (χ1) is 9.58. The SMILES string of the molecule is CC(C)c1nnc(NC(=O)CN2CCC(CO)CC2)o1. The van der Waals surface area contributed by atoms with E-state index >= 15 is 0 Å². The number of likely N-dealkylation sites (tertiary alicyclic amines) is 1. The molecule has 1 aliphatic heterocycles. The van der Waals surface area contributed by atoms with Gasteiger partial charge in [0.25, 0.3) is 0 Å². The number of aromatic nitrogens is 2. The molecule has 2 heterocycles. The molecule has 0 atom stereocenters. The number of hydrogen-bond acceptors (Lipinski definition) is 6. The zero-order valence-corrected chi connectivity index (χ0v) is 12.0. The normalized spacial score (nSPS) is 17.6. The van der Waals surface area contributed by atoms with Crippen LogP contribution in [0.25, 0.3) is 0 Å². The molecule has 1 amide bonds. The first kappa shape index (κ1) is 14.9. The molecular weight excluding hydrogens is 260 g/mol. The number of nitrogens with zero attached hydrogens (tertiary/aromatic N) is 3. The van der Waals surface area contributed by atoms with Gasteiger partial charge in [-0.1, -0.05) is 18.9 Å². The zero-order valence-electron chi connectivity index (χ0n) is 12.0. The van der Waals surface area contributed by atoms with Crippen LogP contribution in [-0.4, -0.2) is 52.4 Å². The van der Waals surface area contributed by atoms with Crippen molar-refractivity contribution in [1.29, 1.82) is 0 Å². The maximum atomic E-state index is 11.9. The van der Waals surface area contributed by atoms with Gasteiger partial charge in [0.2, 0.25) is 11.8 Å². The van der Waals surface area contributed by atoms with Crippen LogP contribution in [0, 0.1) is 5.92 Å². The maximum absolute atomic E-state index is 11.9. The molecule has 112 valence electrons. The van der Waals surface area contributed by atoms with Crippen molar-refractivity contribution in [2.45, 2.75) is 32.6 Å². The summed E-state index contributed by atoms with van der Waals surface area (Å²) in [6.45, 7) is 6.12. The molecule has 0 aromatic carbocycles. The molecule has 0 radical (unpaired) electrons. The number of anilines is 1. The summed E-state index contributed by atoms with van der Waals surface area (Å²) in [7, 11) is 0. The molecule has 0 saturated carbocycles. The molecule has 1 aromatic rings. The third kappa shape index (κ3) is 4.01. The number of nitrogens with one attached hydrogen (secondary N) is 1. The Labute approximate surface area is 118 Å². The maximum Gasteiger partial charge on any atom is 0.322 e. The Morgan fingerprint density at radius 3 is 2.70 bits per heavy atom. The van der Waals surface area contributed by atoms with Crippen LogP contribution in [0.3, 0.4) is 0 Å². The summed E-state index contributed by atoms with van der Waals surface area (Å²) < 4.78 is 5.33. The average molecular weight is 282 g/mol. The predicted molar refractivity (Wildman–Crippen MR) is 73.3 cm³/mol. The van der Waals surface area contributed by atoms with E-state index in [9.17, 15) is 4.79 Å². The standard InChI is InChI=1S/C13H22N4O3/c1-9(2)12-15-16-13(20-12)14-11(19)7-17-5-3-10(8-18)4-6-17/h9-10,18H,3-8H2,1-2H3,(H,14,16,19). The van der Waals surface area contributed by atoms with Gasteiger partial charge in [0.05, 0.1) is 6.54 Å². The van der Waals surface area contributed by atoms with Crippen molar-refractivity contribution in [1.82, 2.24) is 15.1 Å². The van der Waals surface area contributed by atoms with E-state index < -0.39 is 0 Å². The van der Waals surface area contributed by atoms with Crippen molar-refractivity contribution in [3.8, 4) is 0 Å². The lowest BCUT2D eigenvalue weighted by Crippen LogP contribution is -2.39. The molecule has 0 unspecified atom stereocenters. The molecule has 2 N–H and O–H groups in total.